The molecule has 0 bridgehead atoms. The predicted octanol–water partition coefficient (Wildman–Crippen LogP) is 2.23. The van der Waals surface area contributed by atoms with E-state index in [4.69, 9.17) is 9.72 Å². The number of carbonyl (C=O) groups is 2. The van der Waals surface area contributed by atoms with Crippen LogP contribution in [0.1, 0.15) is 60.3 Å². The second kappa shape index (κ2) is 7.21. The van der Waals surface area contributed by atoms with Crippen molar-refractivity contribution in [1.29, 1.82) is 0 Å². The molecule has 0 atom stereocenters. The number of aromatic nitrogens is 3. The molecular formula is C18H24N4O3. The highest BCUT2D eigenvalue weighted by atomic mass is 16.5. The normalized spacial score (nSPS) is 13.9. The molecule has 0 radical (unpaired) electrons. The number of hydrogen-bond donors (Lipinski definition) is 1. The lowest BCUT2D eigenvalue weighted by molar-refractivity contribution is -0.143. The number of fused-ring (bicyclic) bond motifs is 1. The maximum absolute atomic E-state index is 12.7. The minimum atomic E-state index is -0.234. The molecule has 25 heavy (non-hydrogen) atoms. The molecule has 1 aliphatic carbocycles. The van der Waals surface area contributed by atoms with Gasteiger partial charge in [0.15, 0.2) is 5.65 Å². The summed E-state index contributed by atoms with van der Waals surface area (Å²) in [5, 5.41) is 8.11. The van der Waals surface area contributed by atoms with Crippen LogP contribution in [0.3, 0.4) is 0 Å². The first-order chi connectivity index (χ1) is 12.0. The van der Waals surface area contributed by atoms with E-state index in [-0.39, 0.29) is 11.9 Å². The van der Waals surface area contributed by atoms with Crippen molar-refractivity contribution < 1.29 is 14.3 Å². The lowest BCUT2D eigenvalue weighted by Crippen LogP contribution is -2.25. The third-order valence-corrected chi connectivity index (χ3v) is 4.38. The summed E-state index contributed by atoms with van der Waals surface area (Å²) in [6.07, 6.45) is 3.10. The second-order valence-corrected chi connectivity index (χ2v) is 6.44. The Bertz CT molecular complexity index is 808. The van der Waals surface area contributed by atoms with Gasteiger partial charge >= 0.3 is 5.97 Å². The van der Waals surface area contributed by atoms with E-state index in [1.807, 2.05) is 20.0 Å². The average molecular weight is 344 g/mol. The first kappa shape index (κ1) is 17.4. The fourth-order valence-corrected chi connectivity index (χ4v) is 2.99. The molecule has 0 aromatic carbocycles. The van der Waals surface area contributed by atoms with Gasteiger partial charge in [-0.25, -0.2) is 4.98 Å². The molecule has 0 aliphatic heterocycles. The van der Waals surface area contributed by atoms with Crippen LogP contribution in [-0.4, -0.2) is 39.8 Å². The third-order valence-electron chi connectivity index (χ3n) is 4.38. The van der Waals surface area contributed by atoms with Crippen LogP contribution in [-0.2, 0) is 16.6 Å². The number of aryl methyl sites for hydroxylation is 2. The summed E-state index contributed by atoms with van der Waals surface area (Å²) in [6, 6.07) is 1.90. The zero-order chi connectivity index (χ0) is 18.0. The SMILES string of the molecule is CCOC(=O)CCCNC(=O)c1cc(C2CC2)nc2c1c(C)nn2C. The van der Waals surface area contributed by atoms with Crippen molar-refractivity contribution in [1.82, 2.24) is 20.1 Å². The number of hydrogen-bond acceptors (Lipinski definition) is 5. The third kappa shape index (κ3) is 3.81. The molecule has 7 nitrogen and oxygen atoms in total. The van der Waals surface area contributed by atoms with Gasteiger partial charge < -0.3 is 10.1 Å². The van der Waals surface area contributed by atoms with E-state index < -0.39 is 0 Å². The van der Waals surface area contributed by atoms with Crippen LogP contribution in [0, 0.1) is 6.92 Å². The van der Waals surface area contributed by atoms with Gasteiger partial charge in [-0.05, 0) is 39.2 Å². The van der Waals surface area contributed by atoms with Crippen molar-refractivity contribution in [3.05, 3.63) is 23.0 Å². The zero-order valence-corrected chi connectivity index (χ0v) is 15.0. The molecule has 1 amide bonds. The highest BCUT2D eigenvalue weighted by molar-refractivity contribution is 6.06. The van der Waals surface area contributed by atoms with Crippen LogP contribution in [0.2, 0.25) is 0 Å². The van der Waals surface area contributed by atoms with Gasteiger partial charge in [0.2, 0.25) is 0 Å². The quantitative estimate of drug-likeness (QED) is 0.615. The lowest BCUT2D eigenvalue weighted by Gasteiger charge is -2.09. The Balaban J connectivity index is 1.75. The molecule has 1 fully saturated rings. The molecule has 1 saturated carbocycles. The Labute approximate surface area is 146 Å². The van der Waals surface area contributed by atoms with Crippen molar-refractivity contribution in [2.24, 2.45) is 7.05 Å². The first-order valence-corrected chi connectivity index (χ1v) is 8.79. The van der Waals surface area contributed by atoms with E-state index in [9.17, 15) is 9.59 Å². The molecule has 1 N–H and O–H groups in total. The molecule has 2 aromatic heterocycles. The molecule has 3 rings (SSSR count). The van der Waals surface area contributed by atoms with Crippen molar-refractivity contribution in [2.45, 2.75) is 45.4 Å². The summed E-state index contributed by atoms with van der Waals surface area (Å²) in [5.41, 5.74) is 3.13. The highest BCUT2D eigenvalue weighted by Crippen LogP contribution is 2.40. The van der Waals surface area contributed by atoms with Crippen LogP contribution in [0.25, 0.3) is 11.0 Å². The van der Waals surface area contributed by atoms with Gasteiger partial charge in [0.25, 0.3) is 5.91 Å². The van der Waals surface area contributed by atoms with Gasteiger partial charge in [0, 0.05) is 31.6 Å². The van der Waals surface area contributed by atoms with E-state index in [2.05, 4.69) is 10.4 Å². The molecule has 0 saturated heterocycles. The summed E-state index contributed by atoms with van der Waals surface area (Å²) in [5.74, 6) is 0.0754. The summed E-state index contributed by atoms with van der Waals surface area (Å²) < 4.78 is 6.62. The lowest BCUT2D eigenvalue weighted by atomic mass is 10.1. The second-order valence-electron chi connectivity index (χ2n) is 6.44. The number of nitrogens with zero attached hydrogens (tertiary/aromatic N) is 3. The fourth-order valence-electron chi connectivity index (χ4n) is 2.99. The van der Waals surface area contributed by atoms with Crippen molar-refractivity contribution >= 4 is 22.9 Å². The van der Waals surface area contributed by atoms with Crippen LogP contribution in [0.5, 0.6) is 0 Å². The summed E-state index contributed by atoms with van der Waals surface area (Å²) in [4.78, 5) is 28.7. The molecule has 0 spiro atoms. The fraction of sp³-hybridized carbons (Fsp3) is 0.556. The highest BCUT2D eigenvalue weighted by Gasteiger charge is 2.28. The smallest absolute Gasteiger partial charge is 0.305 e. The van der Waals surface area contributed by atoms with Crippen LogP contribution >= 0.6 is 0 Å². The Morgan fingerprint density at radius 2 is 2.16 bits per heavy atom. The van der Waals surface area contributed by atoms with Crippen LogP contribution < -0.4 is 5.32 Å². The summed E-state index contributed by atoms with van der Waals surface area (Å²) in [6.45, 7) is 4.48. The Kier molecular flexibility index (Phi) is 5.01. The van der Waals surface area contributed by atoms with Gasteiger partial charge in [-0.15, -0.1) is 0 Å². The Hall–Kier alpha value is -2.44. The maximum Gasteiger partial charge on any atom is 0.305 e. The number of nitrogens with one attached hydrogen (secondary N) is 1. The minimum absolute atomic E-state index is 0.144. The van der Waals surface area contributed by atoms with Gasteiger partial charge in [0.05, 0.1) is 23.3 Å². The zero-order valence-electron chi connectivity index (χ0n) is 15.0. The maximum atomic E-state index is 12.7. The molecule has 2 heterocycles. The van der Waals surface area contributed by atoms with E-state index in [0.717, 1.165) is 35.3 Å². The number of esters is 1. The first-order valence-electron chi connectivity index (χ1n) is 8.79. The number of ether oxygens (including phenoxy) is 1. The summed E-state index contributed by atoms with van der Waals surface area (Å²) >= 11 is 0. The molecule has 0 unspecified atom stereocenters. The summed E-state index contributed by atoms with van der Waals surface area (Å²) in [7, 11) is 1.85. The van der Waals surface area contributed by atoms with Crippen molar-refractivity contribution in [3.63, 3.8) is 0 Å². The standard InChI is InChI=1S/C18H24N4O3/c1-4-25-15(23)6-5-9-19-18(24)13-10-14(12-7-8-12)20-17-16(13)11(2)21-22(17)3/h10,12H,4-9H2,1-3H3,(H,19,24). The van der Waals surface area contributed by atoms with Crippen LogP contribution in [0.15, 0.2) is 6.07 Å². The van der Waals surface area contributed by atoms with E-state index >= 15 is 0 Å². The number of rotatable bonds is 7. The topological polar surface area (TPSA) is 86.1 Å². The largest absolute Gasteiger partial charge is 0.466 e. The predicted molar refractivity (Wildman–Crippen MR) is 93.4 cm³/mol. The van der Waals surface area contributed by atoms with Gasteiger partial charge in [0.1, 0.15) is 0 Å². The van der Waals surface area contributed by atoms with Crippen molar-refractivity contribution in [3.8, 4) is 0 Å². The molecule has 7 heteroatoms. The average Bonchev–Trinajstić information content (AvgIpc) is 3.38. The number of amides is 1. The number of carbonyl (C=O) groups excluding carboxylic acids is 2. The van der Waals surface area contributed by atoms with Gasteiger partial charge in [-0.1, -0.05) is 0 Å². The van der Waals surface area contributed by atoms with E-state index in [0.29, 0.717) is 37.5 Å². The van der Waals surface area contributed by atoms with Gasteiger partial charge in [-0.3, -0.25) is 14.3 Å². The number of pyridine rings is 1. The van der Waals surface area contributed by atoms with E-state index in [1.165, 1.54) is 0 Å². The van der Waals surface area contributed by atoms with Crippen LogP contribution in [0.4, 0.5) is 0 Å². The van der Waals surface area contributed by atoms with Gasteiger partial charge in [-0.2, -0.15) is 5.10 Å². The minimum Gasteiger partial charge on any atom is -0.466 e. The van der Waals surface area contributed by atoms with Crippen molar-refractivity contribution in [2.75, 3.05) is 13.2 Å². The Morgan fingerprint density at radius 3 is 2.84 bits per heavy atom. The molecule has 2 aromatic rings. The van der Waals surface area contributed by atoms with E-state index in [1.54, 1.807) is 11.6 Å². The molecular weight excluding hydrogens is 320 g/mol. The monoisotopic (exact) mass is 344 g/mol. The molecule has 134 valence electrons. The molecule has 1 aliphatic rings. The Morgan fingerprint density at radius 1 is 1.40 bits per heavy atom.